The summed E-state index contributed by atoms with van der Waals surface area (Å²) in [7, 11) is 3.37. The molecule has 2 aromatic carbocycles. The van der Waals surface area contributed by atoms with Crippen molar-refractivity contribution in [2.45, 2.75) is 25.8 Å². The molecule has 0 fully saturated rings. The molecule has 5 nitrogen and oxygen atoms in total. The van der Waals surface area contributed by atoms with E-state index in [1.165, 1.54) is 16.7 Å². The molecule has 0 saturated carbocycles. The third-order valence-corrected chi connectivity index (χ3v) is 5.20. The van der Waals surface area contributed by atoms with Crippen LogP contribution in [0.2, 0.25) is 0 Å². The predicted molar refractivity (Wildman–Crippen MR) is 99.5 cm³/mol. The van der Waals surface area contributed by atoms with Crippen LogP contribution in [0.1, 0.15) is 36.1 Å². The minimum Gasteiger partial charge on any atom is -0.493 e. The summed E-state index contributed by atoms with van der Waals surface area (Å²) in [6, 6.07) is 10.7. The Hall–Kier alpha value is -2.40. The molecular formula is C21H25NO4. The SMILES string of the molecule is CCCN1CCc2cc(OC)c(OC)cc2C1c1ccc2c(c1)OCO2. The standard InChI is InChI=1S/C21H25NO4/c1-4-8-22-9-7-14-10-18(23-2)19(24-3)12-16(14)21(22)15-5-6-17-20(11-15)26-13-25-17/h5-6,10-12,21H,4,7-9,13H2,1-3H3. The molecule has 4 rings (SSSR count). The molecule has 2 heterocycles. The molecule has 0 radical (unpaired) electrons. The van der Waals surface area contributed by atoms with E-state index in [2.05, 4.69) is 36.1 Å². The first kappa shape index (κ1) is 17.0. The summed E-state index contributed by atoms with van der Waals surface area (Å²) in [6.07, 6.45) is 2.13. The van der Waals surface area contributed by atoms with Crippen molar-refractivity contribution >= 4 is 0 Å². The maximum atomic E-state index is 5.61. The van der Waals surface area contributed by atoms with Crippen LogP contribution in [0.4, 0.5) is 0 Å². The van der Waals surface area contributed by atoms with Crippen molar-refractivity contribution in [3.8, 4) is 23.0 Å². The van der Waals surface area contributed by atoms with Crippen molar-refractivity contribution in [2.24, 2.45) is 0 Å². The largest absolute Gasteiger partial charge is 0.493 e. The number of hydrogen-bond donors (Lipinski definition) is 0. The van der Waals surface area contributed by atoms with E-state index < -0.39 is 0 Å². The molecule has 5 heteroatoms. The van der Waals surface area contributed by atoms with Crippen molar-refractivity contribution < 1.29 is 18.9 Å². The average molecular weight is 355 g/mol. The molecule has 1 atom stereocenters. The Kier molecular flexibility index (Phi) is 4.64. The molecule has 0 N–H and O–H groups in total. The topological polar surface area (TPSA) is 40.2 Å². The van der Waals surface area contributed by atoms with Crippen LogP contribution in [0.15, 0.2) is 30.3 Å². The van der Waals surface area contributed by atoms with Gasteiger partial charge in [0.05, 0.1) is 20.3 Å². The van der Waals surface area contributed by atoms with E-state index in [1.807, 2.05) is 6.07 Å². The summed E-state index contributed by atoms with van der Waals surface area (Å²) in [5.74, 6) is 3.21. The quantitative estimate of drug-likeness (QED) is 0.816. The number of rotatable bonds is 5. The minimum atomic E-state index is 0.174. The van der Waals surface area contributed by atoms with E-state index in [0.717, 1.165) is 48.9 Å². The van der Waals surface area contributed by atoms with Crippen molar-refractivity contribution in [3.05, 3.63) is 47.0 Å². The Morgan fingerprint density at radius 1 is 1.04 bits per heavy atom. The Labute approximate surface area is 154 Å². The van der Waals surface area contributed by atoms with Crippen LogP contribution >= 0.6 is 0 Å². The van der Waals surface area contributed by atoms with E-state index >= 15 is 0 Å². The Balaban J connectivity index is 1.82. The lowest BCUT2D eigenvalue weighted by molar-refractivity contribution is 0.173. The van der Waals surface area contributed by atoms with E-state index in [9.17, 15) is 0 Å². The minimum absolute atomic E-state index is 0.174. The number of methoxy groups -OCH3 is 2. The Morgan fingerprint density at radius 2 is 1.81 bits per heavy atom. The molecule has 0 bridgehead atoms. The fourth-order valence-corrected chi connectivity index (χ4v) is 4.00. The lowest BCUT2D eigenvalue weighted by Gasteiger charge is -2.38. The molecular weight excluding hydrogens is 330 g/mol. The maximum absolute atomic E-state index is 5.61. The number of hydrogen-bond acceptors (Lipinski definition) is 5. The van der Waals surface area contributed by atoms with Gasteiger partial charge in [0.15, 0.2) is 23.0 Å². The van der Waals surface area contributed by atoms with Gasteiger partial charge in [0.2, 0.25) is 6.79 Å². The van der Waals surface area contributed by atoms with Gasteiger partial charge in [0.1, 0.15) is 0 Å². The first-order valence-electron chi connectivity index (χ1n) is 9.13. The number of fused-ring (bicyclic) bond motifs is 2. The Bertz CT molecular complexity index is 805. The first-order valence-corrected chi connectivity index (χ1v) is 9.13. The second kappa shape index (κ2) is 7.08. The molecule has 0 saturated heterocycles. The van der Waals surface area contributed by atoms with Crippen molar-refractivity contribution in [1.29, 1.82) is 0 Å². The highest BCUT2D eigenvalue weighted by Crippen LogP contribution is 2.43. The molecule has 2 aliphatic rings. The van der Waals surface area contributed by atoms with E-state index in [-0.39, 0.29) is 6.04 Å². The molecule has 138 valence electrons. The highest BCUT2D eigenvalue weighted by atomic mass is 16.7. The lowest BCUT2D eigenvalue weighted by Crippen LogP contribution is -2.36. The lowest BCUT2D eigenvalue weighted by atomic mass is 9.87. The van der Waals surface area contributed by atoms with E-state index in [1.54, 1.807) is 14.2 Å². The van der Waals surface area contributed by atoms with Gasteiger partial charge in [-0.2, -0.15) is 0 Å². The van der Waals surface area contributed by atoms with Crippen LogP contribution < -0.4 is 18.9 Å². The number of ether oxygens (including phenoxy) is 4. The van der Waals surface area contributed by atoms with Crippen LogP contribution in [0.5, 0.6) is 23.0 Å². The van der Waals surface area contributed by atoms with Crippen LogP contribution in [0.3, 0.4) is 0 Å². The number of nitrogens with zero attached hydrogens (tertiary/aromatic N) is 1. The molecule has 1 unspecified atom stereocenters. The zero-order chi connectivity index (χ0) is 18.1. The molecule has 2 aliphatic heterocycles. The third-order valence-electron chi connectivity index (χ3n) is 5.20. The van der Waals surface area contributed by atoms with Gasteiger partial charge in [-0.25, -0.2) is 0 Å². The van der Waals surface area contributed by atoms with E-state index in [0.29, 0.717) is 6.79 Å². The van der Waals surface area contributed by atoms with Gasteiger partial charge < -0.3 is 18.9 Å². The summed E-state index contributed by atoms with van der Waals surface area (Å²) < 4.78 is 22.2. The highest BCUT2D eigenvalue weighted by molar-refractivity contribution is 5.53. The zero-order valence-corrected chi connectivity index (χ0v) is 15.6. The van der Waals surface area contributed by atoms with Crippen LogP contribution in [-0.2, 0) is 6.42 Å². The Morgan fingerprint density at radius 3 is 2.58 bits per heavy atom. The van der Waals surface area contributed by atoms with Gasteiger partial charge in [0.25, 0.3) is 0 Å². The fraction of sp³-hybridized carbons (Fsp3) is 0.429. The van der Waals surface area contributed by atoms with Crippen LogP contribution in [0.25, 0.3) is 0 Å². The molecule has 2 aromatic rings. The summed E-state index contributed by atoms with van der Waals surface area (Å²) in [5, 5.41) is 0. The van der Waals surface area contributed by atoms with Gasteiger partial charge in [0, 0.05) is 6.54 Å². The normalized spacial score (nSPS) is 18.5. The van der Waals surface area contributed by atoms with Gasteiger partial charge in [-0.15, -0.1) is 0 Å². The van der Waals surface area contributed by atoms with Crippen molar-refractivity contribution in [3.63, 3.8) is 0 Å². The van der Waals surface area contributed by atoms with Crippen molar-refractivity contribution in [1.82, 2.24) is 4.90 Å². The van der Waals surface area contributed by atoms with Gasteiger partial charge in [-0.05, 0) is 60.3 Å². The number of benzene rings is 2. The molecule has 26 heavy (non-hydrogen) atoms. The second-order valence-electron chi connectivity index (χ2n) is 6.71. The summed E-state index contributed by atoms with van der Waals surface area (Å²) in [5.41, 5.74) is 3.81. The van der Waals surface area contributed by atoms with Crippen LogP contribution in [0, 0.1) is 0 Å². The summed E-state index contributed by atoms with van der Waals surface area (Å²) in [6.45, 7) is 4.59. The summed E-state index contributed by atoms with van der Waals surface area (Å²) >= 11 is 0. The molecule has 0 spiro atoms. The predicted octanol–water partition coefficient (Wildman–Crippen LogP) is 3.79. The fourth-order valence-electron chi connectivity index (χ4n) is 4.00. The van der Waals surface area contributed by atoms with E-state index in [4.69, 9.17) is 18.9 Å². The first-order chi connectivity index (χ1) is 12.7. The average Bonchev–Trinajstić information content (AvgIpc) is 3.14. The monoisotopic (exact) mass is 355 g/mol. The second-order valence-corrected chi connectivity index (χ2v) is 6.71. The van der Waals surface area contributed by atoms with Gasteiger partial charge in [-0.1, -0.05) is 13.0 Å². The highest BCUT2D eigenvalue weighted by Gasteiger charge is 2.31. The molecule has 0 aromatic heterocycles. The van der Waals surface area contributed by atoms with Gasteiger partial charge >= 0.3 is 0 Å². The maximum Gasteiger partial charge on any atom is 0.231 e. The smallest absolute Gasteiger partial charge is 0.231 e. The third kappa shape index (κ3) is 2.86. The summed E-state index contributed by atoms with van der Waals surface area (Å²) in [4.78, 5) is 2.53. The zero-order valence-electron chi connectivity index (χ0n) is 15.6. The van der Waals surface area contributed by atoms with Crippen molar-refractivity contribution in [2.75, 3.05) is 34.1 Å². The molecule has 0 amide bonds. The molecule has 0 aliphatic carbocycles. The van der Waals surface area contributed by atoms with Gasteiger partial charge in [-0.3, -0.25) is 4.90 Å². The van der Waals surface area contributed by atoms with Crippen LogP contribution in [-0.4, -0.2) is 39.0 Å².